The van der Waals surface area contributed by atoms with Crippen LogP contribution in [0.15, 0.2) is 22.6 Å². The zero-order valence-electron chi connectivity index (χ0n) is 12.2. The molecule has 0 saturated heterocycles. The Morgan fingerprint density at radius 3 is 2.76 bits per heavy atom. The number of benzene rings is 1. The maximum atomic E-state index is 11.1. The van der Waals surface area contributed by atoms with Crippen molar-refractivity contribution in [3.63, 3.8) is 0 Å². The topological polar surface area (TPSA) is 77.8 Å². The van der Waals surface area contributed by atoms with Crippen LogP contribution in [-0.4, -0.2) is 25.6 Å². The Balaban J connectivity index is 2.30. The van der Waals surface area contributed by atoms with Gasteiger partial charge < -0.3 is 19.2 Å². The van der Waals surface area contributed by atoms with Crippen LogP contribution in [0.25, 0.3) is 11.0 Å². The molecule has 2 rings (SSSR count). The van der Waals surface area contributed by atoms with E-state index in [0.29, 0.717) is 23.6 Å². The van der Waals surface area contributed by atoms with E-state index in [-0.39, 0.29) is 12.5 Å². The van der Waals surface area contributed by atoms with Gasteiger partial charge in [-0.1, -0.05) is 12.1 Å². The largest absolute Gasteiger partial charge is 0.478 e. The maximum absolute atomic E-state index is 11.1. The van der Waals surface area contributed by atoms with E-state index < -0.39 is 5.97 Å². The predicted octanol–water partition coefficient (Wildman–Crippen LogP) is 1.93. The molecule has 0 bridgehead atoms. The third-order valence-electron chi connectivity index (χ3n) is 3.07. The number of ether oxygens (including phenoxy) is 2. The van der Waals surface area contributed by atoms with Crippen molar-refractivity contribution >= 4 is 22.8 Å². The van der Waals surface area contributed by atoms with Gasteiger partial charge in [-0.05, 0) is 13.0 Å². The lowest BCUT2D eigenvalue weighted by molar-refractivity contribution is -0.142. The molecule has 1 N–H and O–H groups in total. The van der Waals surface area contributed by atoms with Crippen LogP contribution >= 0.6 is 0 Å². The molecule has 0 aliphatic heterocycles. The molecular weight excluding hydrogens is 274 g/mol. The van der Waals surface area contributed by atoms with Crippen LogP contribution in [0, 0.1) is 6.92 Å². The summed E-state index contributed by atoms with van der Waals surface area (Å²) in [6.07, 6.45) is 0. The number of methoxy groups -OCH3 is 1. The van der Waals surface area contributed by atoms with Crippen molar-refractivity contribution < 1.29 is 23.5 Å². The maximum Gasteiger partial charge on any atom is 0.343 e. The number of hydrogen-bond donors (Lipinski definition) is 1. The third kappa shape index (κ3) is 3.34. The molecule has 0 unspecified atom stereocenters. The van der Waals surface area contributed by atoms with E-state index in [4.69, 9.17) is 9.15 Å². The fraction of sp³-hybridized carbons (Fsp3) is 0.333. The highest BCUT2D eigenvalue weighted by atomic mass is 16.6. The number of aryl methyl sites for hydroxylation is 1. The Bertz CT molecular complexity index is 674. The smallest absolute Gasteiger partial charge is 0.343 e. The number of furan rings is 1. The first-order chi connectivity index (χ1) is 10.0. The van der Waals surface area contributed by atoms with E-state index in [1.165, 1.54) is 14.0 Å². The van der Waals surface area contributed by atoms with E-state index in [9.17, 15) is 9.59 Å². The van der Waals surface area contributed by atoms with Gasteiger partial charge in [0.2, 0.25) is 5.91 Å². The van der Waals surface area contributed by atoms with Crippen LogP contribution in [0.5, 0.6) is 5.75 Å². The van der Waals surface area contributed by atoms with Crippen molar-refractivity contribution in [1.82, 2.24) is 5.32 Å². The molecule has 0 atom stereocenters. The van der Waals surface area contributed by atoms with Crippen LogP contribution in [0.2, 0.25) is 0 Å². The summed E-state index contributed by atoms with van der Waals surface area (Å²) in [6, 6.07) is 5.41. The minimum Gasteiger partial charge on any atom is -0.478 e. The average molecular weight is 291 g/mol. The van der Waals surface area contributed by atoms with Crippen LogP contribution in [0.1, 0.15) is 18.2 Å². The van der Waals surface area contributed by atoms with E-state index >= 15 is 0 Å². The van der Waals surface area contributed by atoms with Crippen molar-refractivity contribution in [3.8, 4) is 5.75 Å². The molecule has 112 valence electrons. The van der Waals surface area contributed by atoms with Gasteiger partial charge in [0.1, 0.15) is 5.76 Å². The van der Waals surface area contributed by atoms with Crippen molar-refractivity contribution in [2.24, 2.45) is 0 Å². The van der Waals surface area contributed by atoms with Gasteiger partial charge in [-0.2, -0.15) is 0 Å². The molecule has 0 saturated carbocycles. The number of rotatable bonds is 5. The number of carbonyl (C=O) groups is 2. The second-order valence-corrected chi connectivity index (χ2v) is 4.54. The molecule has 1 aromatic carbocycles. The quantitative estimate of drug-likeness (QED) is 0.852. The zero-order chi connectivity index (χ0) is 15.4. The molecule has 6 nitrogen and oxygen atoms in total. The molecule has 1 aromatic heterocycles. The number of amides is 1. The van der Waals surface area contributed by atoms with E-state index in [2.05, 4.69) is 10.1 Å². The third-order valence-corrected chi connectivity index (χ3v) is 3.07. The Kier molecular flexibility index (Phi) is 4.47. The van der Waals surface area contributed by atoms with Crippen LogP contribution in [0.4, 0.5) is 0 Å². The lowest BCUT2D eigenvalue weighted by Crippen LogP contribution is -2.19. The van der Waals surface area contributed by atoms with E-state index in [0.717, 1.165) is 10.9 Å². The van der Waals surface area contributed by atoms with E-state index in [1.807, 2.05) is 13.0 Å². The molecule has 6 heteroatoms. The molecular formula is C15H17NO5. The van der Waals surface area contributed by atoms with Gasteiger partial charge in [0.15, 0.2) is 17.9 Å². The highest BCUT2D eigenvalue weighted by molar-refractivity contribution is 5.88. The van der Waals surface area contributed by atoms with Gasteiger partial charge in [0, 0.05) is 24.4 Å². The highest BCUT2D eigenvalue weighted by Gasteiger charge is 2.15. The van der Waals surface area contributed by atoms with Gasteiger partial charge in [0.05, 0.1) is 7.11 Å². The zero-order valence-corrected chi connectivity index (χ0v) is 12.2. The first-order valence-corrected chi connectivity index (χ1v) is 6.48. The molecule has 0 aliphatic rings. The number of para-hydroxylation sites is 1. The van der Waals surface area contributed by atoms with Gasteiger partial charge in [-0.25, -0.2) is 4.79 Å². The molecule has 0 radical (unpaired) electrons. The summed E-state index contributed by atoms with van der Waals surface area (Å²) in [4.78, 5) is 22.2. The summed E-state index contributed by atoms with van der Waals surface area (Å²) in [6.45, 7) is 3.48. The molecule has 1 amide bonds. The van der Waals surface area contributed by atoms with Crippen LogP contribution in [0.3, 0.4) is 0 Å². The van der Waals surface area contributed by atoms with Gasteiger partial charge in [-0.15, -0.1) is 0 Å². The Labute approximate surface area is 122 Å². The number of carbonyl (C=O) groups excluding carboxylic acids is 2. The van der Waals surface area contributed by atoms with Gasteiger partial charge >= 0.3 is 5.97 Å². The van der Waals surface area contributed by atoms with Gasteiger partial charge in [0.25, 0.3) is 0 Å². The van der Waals surface area contributed by atoms with Crippen molar-refractivity contribution in [2.45, 2.75) is 20.4 Å². The molecule has 0 spiro atoms. The lowest BCUT2D eigenvalue weighted by Gasteiger charge is -2.05. The first kappa shape index (κ1) is 14.9. The number of hydrogen-bond acceptors (Lipinski definition) is 5. The van der Waals surface area contributed by atoms with E-state index in [1.54, 1.807) is 12.1 Å². The lowest BCUT2D eigenvalue weighted by atomic mass is 10.1. The summed E-state index contributed by atoms with van der Waals surface area (Å²) in [5, 5.41) is 3.60. The van der Waals surface area contributed by atoms with Gasteiger partial charge in [-0.3, -0.25) is 4.79 Å². The number of esters is 1. The minimum atomic E-state index is -0.464. The fourth-order valence-corrected chi connectivity index (χ4v) is 2.00. The summed E-state index contributed by atoms with van der Waals surface area (Å²) in [5.41, 5.74) is 1.45. The standard InChI is InChI=1S/C15H17NO5/c1-9-12(7-16-10(2)17)11-5-4-6-13(15(11)21-9)20-8-14(18)19-3/h4-6H,7-8H2,1-3H3,(H,16,17). The molecule has 1 heterocycles. The first-order valence-electron chi connectivity index (χ1n) is 6.48. The second kappa shape index (κ2) is 6.30. The van der Waals surface area contributed by atoms with Crippen molar-refractivity contribution in [2.75, 3.05) is 13.7 Å². The molecule has 21 heavy (non-hydrogen) atoms. The normalized spacial score (nSPS) is 10.4. The summed E-state index contributed by atoms with van der Waals surface area (Å²) < 4.78 is 15.6. The van der Waals surface area contributed by atoms with Crippen molar-refractivity contribution in [3.05, 3.63) is 29.5 Å². The number of nitrogens with one attached hydrogen (secondary N) is 1. The Morgan fingerprint density at radius 2 is 2.10 bits per heavy atom. The highest BCUT2D eigenvalue weighted by Crippen LogP contribution is 2.32. The summed E-state index contributed by atoms with van der Waals surface area (Å²) in [5.74, 6) is 0.596. The second-order valence-electron chi connectivity index (χ2n) is 4.54. The molecule has 0 aliphatic carbocycles. The van der Waals surface area contributed by atoms with Crippen molar-refractivity contribution in [1.29, 1.82) is 0 Å². The Hall–Kier alpha value is -2.50. The van der Waals surface area contributed by atoms with Crippen LogP contribution in [-0.2, 0) is 20.9 Å². The monoisotopic (exact) mass is 291 g/mol. The fourth-order valence-electron chi connectivity index (χ4n) is 2.00. The summed E-state index contributed by atoms with van der Waals surface area (Å²) >= 11 is 0. The summed E-state index contributed by atoms with van der Waals surface area (Å²) in [7, 11) is 1.30. The Morgan fingerprint density at radius 1 is 1.33 bits per heavy atom. The predicted molar refractivity (Wildman–Crippen MR) is 76.0 cm³/mol. The molecule has 0 fully saturated rings. The van der Waals surface area contributed by atoms with Crippen LogP contribution < -0.4 is 10.1 Å². The molecule has 2 aromatic rings. The average Bonchev–Trinajstić information content (AvgIpc) is 2.78. The number of fused-ring (bicyclic) bond motifs is 1. The SMILES string of the molecule is COC(=O)COc1cccc2c(CNC(C)=O)c(C)oc12. The minimum absolute atomic E-state index is 0.109.